The summed E-state index contributed by atoms with van der Waals surface area (Å²) in [6.45, 7) is 2.17. The molecule has 0 radical (unpaired) electrons. The molecule has 1 heterocycles. The van der Waals surface area contributed by atoms with Gasteiger partial charge in [0.15, 0.2) is 0 Å². The largest absolute Gasteiger partial charge is 0.264 e. The number of nitrogens with zero attached hydrogens (tertiary/aromatic N) is 1. The van der Waals surface area contributed by atoms with E-state index in [0.29, 0.717) is 5.92 Å². The maximum atomic E-state index is 5.19. The molecule has 1 unspecified atom stereocenters. The lowest BCUT2D eigenvalue weighted by Crippen LogP contribution is -1.92. The standard InChI is InChI=1S/C11H13N/c1-3-4-6-10(2)11-7-5-8-12-9-11/h1,5,7-10H,4,6H2,2H3. The molecular formula is C11H13N. The molecule has 0 spiro atoms. The van der Waals surface area contributed by atoms with Gasteiger partial charge in [-0.1, -0.05) is 13.0 Å². The molecule has 1 heteroatoms. The zero-order chi connectivity index (χ0) is 8.81. The van der Waals surface area contributed by atoms with Crippen LogP contribution in [0.25, 0.3) is 0 Å². The van der Waals surface area contributed by atoms with Crippen LogP contribution in [-0.4, -0.2) is 4.98 Å². The Hall–Kier alpha value is -1.29. The van der Waals surface area contributed by atoms with Crippen LogP contribution in [0.15, 0.2) is 24.5 Å². The van der Waals surface area contributed by atoms with E-state index in [1.54, 1.807) is 6.20 Å². The van der Waals surface area contributed by atoms with Crippen LogP contribution in [0.1, 0.15) is 31.2 Å². The Bertz CT molecular complexity index is 258. The predicted molar refractivity (Wildman–Crippen MR) is 50.7 cm³/mol. The number of aromatic nitrogens is 1. The fourth-order valence-electron chi connectivity index (χ4n) is 1.13. The van der Waals surface area contributed by atoms with Crippen LogP contribution >= 0.6 is 0 Å². The molecule has 0 amide bonds. The van der Waals surface area contributed by atoms with Gasteiger partial charge >= 0.3 is 0 Å². The summed E-state index contributed by atoms with van der Waals surface area (Å²) in [6.07, 6.45) is 10.8. The molecule has 0 aromatic carbocycles. The number of pyridine rings is 1. The van der Waals surface area contributed by atoms with Crippen LogP contribution < -0.4 is 0 Å². The predicted octanol–water partition coefficient (Wildman–Crippen LogP) is 2.60. The monoisotopic (exact) mass is 159 g/mol. The quantitative estimate of drug-likeness (QED) is 0.618. The summed E-state index contributed by atoms with van der Waals surface area (Å²) in [5.74, 6) is 3.17. The number of hydrogen-bond acceptors (Lipinski definition) is 1. The van der Waals surface area contributed by atoms with E-state index in [-0.39, 0.29) is 0 Å². The minimum atomic E-state index is 0.523. The minimum absolute atomic E-state index is 0.523. The van der Waals surface area contributed by atoms with Crippen molar-refractivity contribution in [3.8, 4) is 12.3 Å². The van der Waals surface area contributed by atoms with Crippen LogP contribution in [0, 0.1) is 12.3 Å². The lowest BCUT2D eigenvalue weighted by atomic mass is 9.98. The maximum Gasteiger partial charge on any atom is 0.0302 e. The van der Waals surface area contributed by atoms with Crippen molar-refractivity contribution in [2.75, 3.05) is 0 Å². The minimum Gasteiger partial charge on any atom is -0.264 e. The van der Waals surface area contributed by atoms with E-state index in [1.807, 2.05) is 12.3 Å². The van der Waals surface area contributed by atoms with Crippen molar-refractivity contribution in [1.82, 2.24) is 4.98 Å². The molecule has 1 aromatic heterocycles. The summed E-state index contributed by atoms with van der Waals surface area (Å²) >= 11 is 0. The van der Waals surface area contributed by atoms with Crippen LogP contribution in [-0.2, 0) is 0 Å². The van der Waals surface area contributed by atoms with Gasteiger partial charge in [-0.25, -0.2) is 0 Å². The molecule has 0 bridgehead atoms. The van der Waals surface area contributed by atoms with Gasteiger partial charge in [-0.15, -0.1) is 12.3 Å². The van der Waals surface area contributed by atoms with Crippen LogP contribution in [0.3, 0.4) is 0 Å². The first-order valence-corrected chi connectivity index (χ1v) is 4.18. The average Bonchev–Trinajstić information content (AvgIpc) is 2.15. The van der Waals surface area contributed by atoms with Gasteiger partial charge in [-0.3, -0.25) is 4.98 Å². The van der Waals surface area contributed by atoms with Crippen molar-refractivity contribution in [2.45, 2.75) is 25.7 Å². The molecule has 0 N–H and O–H groups in total. The Morgan fingerprint density at radius 3 is 3.08 bits per heavy atom. The van der Waals surface area contributed by atoms with Gasteiger partial charge in [-0.05, 0) is 24.0 Å². The Balaban J connectivity index is 2.55. The maximum absolute atomic E-state index is 5.19. The van der Waals surface area contributed by atoms with Gasteiger partial charge < -0.3 is 0 Å². The molecule has 0 saturated carbocycles. The highest BCUT2D eigenvalue weighted by atomic mass is 14.6. The fourth-order valence-corrected chi connectivity index (χ4v) is 1.13. The second kappa shape index (κ2) is 4.56. The van der Waals surface area contributed by atoms with Crippen molar-refractivity contribution in [3.63, 3.8) is 0 Å². The highest BCUT2D eigenvalue weighted by molar-refractivity contribution is 5.13. The van der Waals surface area contributed by atoms with E-state index >= 15 is 0 Å². The normalized spacial score (nSPS) is 12.0. The highest BCUT2D eigenvalue weighted by Gasteiger charge is 2.02. The molecule has 1 atom stereocenters. The summed E-state index contributed by atoms with van der Waals surface area (Å²) in [4.78, 5) is 4.06. The molecule has 0 aliphatic heterocycles. The molecule has 12 heavy (non-hydrogen) atoms. The molecule has 1 rings (SSSR count). The second-order valence-electron chi connectivity index (χ2n) is 2.93. The van der Waals surface area contributed by atoms with Gasteiger partial charge in [0, 0.05) is 18.8 Å². The van der Waals surface area contributed by atoms with E-state index in [1.165, 1.54) is 5.56 Å². The van der Waals surface area contributed by atoms with E-state index in [0.717, 1.165) is 12.8 Å². The average molecular weight is 159 g/mol. The highest BCUT2D eigenvalue weighted by Crippen LogP contribution is 2.18. The van der Waals surface area contributed by atoms with Gasteiger partial charge in [-0.2, -0.15) is 0 Å². The van der Waals surface area contributed by atoms with Crippen molar-refractivity contribution >= 4 is 0 Å². The SMILES string of the molecule is C#CCCC(C)c1cccnc1. The summed E-state index contributed by atoms with van der Waals surface area (Å²) in [6, 6.07) is 4.05. The summed E-state index contributed by atoms with van der Waals surface area (Å²) in [7, 11) is 0. The van der Waals surface area contributed by atoms with Crippen molar-refractivity contribution in [3.05, 3.63) is 30.1 Å². The fraction of sp³-hybridized carbons (Fsp3) is 0.364. The van der Waals surface area contributed by atoms with Gasteiger partial charge in [0.1, 0.15) is 0 Å². The molecule has 0 saturated heterocycles. The third-order valence-corrected chi connectivity index (χ3v) is 1.98. The van der Waals surface area contributed by atoms with Crippen molar-refractivity contribution < 1.29 is 0 Å². The van der Waals surface area contributed by atoms with E-state index < -0.39 is 0 Å². The first kappa shape index (κ1) is 8.80. The molecule has 1 nitrogen and oxygen atoms in total. The number of hydrogen-bond donors (Lipinski definition) is 0. The molecule has 1 aromatic rings. The first-order chi connectivity index (χ1) is 5.84. The summed E-state index contributed by atoms with van der Waals surface area (Å²) < 4.78 is 0. The summed E-state index contributed by atoms with van der Waals surface area (Å²) in [5.41, 5.74) is 1.27. The number of terminal acetylenes is 1. The Kier molecular flexibility index (Phi) is 3.35. The molecular weight excluding hydrogens is 146 g/mol. The zero-order valence-corrected chi connectivity index (χ0v) is 7.33. The van der Waals surface area contributed by atoms with Crippen LogP contribution in [0.4, 0.5) is 0 Å². The Morgan fingerprint density at radius 2 is 2.50 bits per heavy atom. The van der Waals surface area contributed by atoms with Crippen LogP contribution in [0.2, 0.25) is 0 Å². The third-order valence-electron chi connectivity index (χ3n) is 1.98. The van der Waals surface area contributed by atoms with Crippen LogP contribution in [0.5, 0.6) is 0 Å². The molecule has 0 fully saturated rings. The van der Waals surface area contributed by atoms with Gasteiger partial charge in [0.05, 0.1) is 0 Å². The summed E-state index contributed by atoms with van der Waals surface area (Å²) in [5, 5.41) is 0. The lowest BCUT2D eigenvalue weighted by molar-refractivity contribution is 0.695. The number of rotatable bonds is 3. The Morgan fingerprint density at radius 1 is 1.67 bits per heavy atom. The Labute approximate surface area is 73.8 Å². The van der Waals surface area contributed by atoms with E-state index in [9.17, 15) is 0 Å². The molecule has 0 aliphatic rings. The third kappa shape index (κ3) is 2.39. The first-order valence-electron chi connectivity index (χ1n) is 4.18. The molecule has 62 valence electrons. The molecule has 0 aliphatic carbocycles. The van der Waals surface area contributed by atoms with Gasteiger partial charge in [0.2, 0.25) is 0 Å². The van der Waals surface area contributed by atoms with Gasteiger partial charge in [0.25, 0.3) is 0 Å². The zero-order valence-electron chi connectivity index (χ0n) is 7.33. The topological polar surface area (TPSA) is 12.9 Å². The van der Waals surface area contributed by atoms with Crippen molar-refractivity contribution in [1.29, 1.82) is 0 Å². The van der Waals surface area contributed by atoms with E-state index in [2.05, 4.69) is 23.9 Å². The van der Waals surface area contributed by atoms with E-state index in [4.69, 9.17) is 6.42 Å². The smallest absolute Gasteiger partial charge is 0.0302 e. The lowest BCUT2D eigenvalue weighted by Gasteiger charge is -2.08. The van der Waals surface area contributed by atoms with Crippen molar-refractivity contribution in [2.24, 2.45) is 0 Å². The second-order valence-corrected chi connectivity index (χ2v) is 2.93.